The van der Waals surface area contributed by atoms with Crippen LogP contribution in [0.1, 0.15) is 43.6 Å². The van der Waals surface area contributed by atoms with Crippen molar-refractivity contribution in [3.05, 3.63) is 29.8 Å². The van der Waals surface area contributed by atoms with Crippen molar-refractivity contribution in [1.82, 2.24) is 0 Å². The summed E-state index contributed by atoms with van der Waals surface area (Å²) in [6.45, 7) is 0. The zero-order valence-electron chi connectivity index (χ0n) is 13.2. The van der Waals surface area contributed by atoms with E-state index in [4.69, 9.17) is 9.73 Å². The van der Waals surface area contributed by atoms with Crippen LogP contribution < -0.4 is 4.74 Å². The molecule has 120 valence electrons. The van der Waals surface area contributed by atoms with Gasteiger partial charge in [-0.25, -0.2) is 0 Å². The topological polar surface area (TPSA) is 21.6 Å². The molecule has 0 radical (unpaired) electrons. The molecule has 4 heteroatoms. The summed E-state index contributed by atoms with van der Waals surface area (Å²) in [4.78, 5) is 5.28. The molecule has 4 unspecified atom stereocenters. The quantitative estimate of drug-likeness (QED) is 0.609. The first kappa shape index (κ1) is 16.6. The minimum absolute atomic E-state index is 0. The molecule has 2 saturated carbocycles. The number of rotatable bonds is 2. The van der Waals surface area contributed by atoms with E-state index >= 15 is 0 Å². The van der Waals surface area contributed by atoms with Gasteiger partial charge in [-0.15, -0.1) is 35.7 Å². The number of aliphatic imine (C=N–C) groups is 1. The third-order valence-electron chi connectivity index (χ3n) is 5.97. The fraction of sp³-hybridized carbons (Fsp3) is 0.611. The van der Waals surface area contributed by atoms with Gasteiger partial charge in [0.25, 0.3) is 0 Å². The van der Waals surface area contributed by atoms with Crippen LogP contribution in [-0.4, -0.2) is 23.9 Å². The maximum atomic E-state index is 5.67. The number of halogens is 1. The Balaban J connectivity index is 0.00000144. The molecule has 1 aromatic rings. The second kappa shape index (κ2) is 6.34. The van der Waals surface area contributed by atoms with Crippen LogP contribution in [0.3, 0.4) is 0 Å². The number of nitrogens with zero attached hydrogens (tertiary/aromatic N) is 1. The summed E-state index contributed by atoms with van der Waals surface area (Å²) in [5.41, 5.74) is 1.58. The molecule has 2 fully saturated rings. The molecule has 4 atom stereocenters. The van der Waals surface area contributed by atoms with Gasteiger partial charge >= 0.3 is 0 Å². The molecule has 2 aliphatic carbocycles. The standard InChI is InChI=1S/C18H23NOS.HI/c1-20-15-6-4-3-5-14(15)17-12-7-8-13(11-12)18(17)10-9-16(19-18)21-2;/h3-6,12-13,17H,7-11H2,1-2H3;1H. The van der Waals surface area contributed by atoms with Gasteiger partial charge in [-0.2, -0.15) is 0 Å². The average Bonchev–Trinajstić information content (AvgIpc) is 3.22. The molecule has 0 amide bonds. The monoisotopic (exact) mass is 429 g/mol. The van der Waals surface area contributed by atoms with Gasteiger partial charge in [0.1, 0.15) is 5.75 Å². The third kappa shape index (κ3) is 2.32. The smallest absolute Gasteiger partial charge is 0.122 e. The molecule has 0 aromatic heterocycles. The summed E-state index contributed by atoms with van der Waals surface area (Å²) < 4.78 is 5.67. The van der Waals surface area contributed by atoms with E-state index in [0.29, 0.717) is 5.92 Å². The van der Waals surface area contributed by atoms with Crippen molar-refractivity contribution < 1.29 is 4.74 Å². The Morgan fingerprint density at radius 1 is 1.27 bits per heavy atom. The SMILES string of the molecule is COc1ccccc1C1C2CCC(C2)C12CCC(SC)=N2.I. The highest BCUT2D eigenvalue weighted by molar-refractivity contribution is 14.0. The van der Waals surface area contributed by atoms with E-state index in [0.717, 1.165) is 17.6 Å². The second-order valence-electron chi connectivity index (χ2n) is 6.69. The molecule has 4 rings (SSSR count). The number of ether oxygens (including phenoxy) is 1. The Bertz CT molecular complexity index is 590. The predicted molar refractivity (Wildman–Crippen MR) is 105 cm³/mol. The molecule has 3 aliphatic rings. The van der Waals surface area contributed by atoms with Crippen molar-refractivity contribution in [3.8, 4) is 5.75 Å². The number of hydrogen-bond acceptors (Lipinski definition) is 3. The molecule has 1 aliphatic heterocycles. The van der Waals surface area contributed by atoms with Gasteiger partial charge in [0.05, 0.1) is 17.7 Å². The van der Waals surface area contributed by atoms with Crippen molar-refractivity contribution in [3.63, 3.8) is 0 Å². The van der Waals surface area contributed by atoms with Crippen LogP contribution >= 0.6 is 35.7 Å². The Hall–Kier alpha value is -0.230. The lowest BCUT2D eigenvalue weighted by molar-refractivity contribution is 0.230. The summed E-state index contributed by atoms with van der Waals surface area (Å²) in [6.07, 6.45) is 8.71. The molecule has 1 spiro atoms. The zero-order chi connectivity index (χ0) is 14.4. The first-order valence-electron chi connectivity index (χ1n) is 8.04. The van der Waals surface area contributed by atoms with Gasteiger partial charge in [-0.3, -0.25) is 4.99 Å². The van der Waals surface area contributed by atoms with Gasteiger partial charge in [0, 0.05) is 5.92 Å². The molecule has 22 heavy (non-hydrogen) atoms. The molecule has 1 aromatic carbocycles. The van der Waals surface area contributed by atoms with Crippen LogP contribution in [-0.2, 0) is 0 Å². The summed E-state index contributed by atoms with van der Waals surface area (Å²) in [7, 11) is 1.80. The maximum Gasteiger partial charge on any atom is 0.122 e. The highest BCUT2D eigenvalue weighted by atomic mass is 127. The number of thioether (sulfide) groups is 1. The van der Waals surface area contributed by atoms with Crippen molar-refractivity contribution >= 4 is 40.8 Å². The third-order valence-corrected chi connectivity index (χ3v) is 6.74. The van der Waals surface area contributed by atoms with Gasteiger partial charge in [0.15, 0.2) is 0 Å². The normalized spacial score (nSPS) is 35.5. The fourth-order valence-corrected chi connectivity index (χ4v) is 5.77. The number of hydrogen-bond donors (Lipinski definition) is 0. The van der Waals surface area contributed by atoms with Crippen LogP contribution in [0.5, 0.6) is 5.75 Å². The van der Waals surface area contributed by atoms with Crippen LogP contribution in [0.2, 0.25) is 0 Å². The van der Waals surface area contributed by atoms with E-state index in [9.17, 15) is 0 Å². The van der Waals surface area contributed by atoms with E-state index in [-0.39, 0.29) is 29.5 Å². The van der Waals surface area contributed by atoms with Crippen LogP contribution in [0.15, 0.2) is 29.3 Å². The summed E-state index contributed by atoms with van der Waals surface area (Å²) >= 11 is 1.85. The van der Waals surface area contributed by atoms with Crippen molar-refractivity contribution in [2.45, 2.75) is 43.6 Å². The van der Waals surface area contributed by atoms with Crippen molar-refractivity contribution in [1.29, 1.82) is 0 Å². The van der Waals surface area contributed by atoms with E-state index < -0.39 is 0 Å². The van der Waals surface area contributed by atoms with E-state index in [1.54, 1.807) is 7.11 Å². The van der Waals surface area contributed by atoms with Gasteiger partial charge < -0.3 is 4.74 Å². The van der Waals surface area contributed by atoms with Gasteiger partial charge in [0.2, 0.25) is 0 Å². The minimum Gasteiger partial charge on any atom is -0.496 e. The molecular formula is C18H24INOS. The Labute approximate surface area is 154 Å². The summed E-state index contributed by atoms with van der Waals surface area (Å²) in [6, 6.07) is 8.63. The zero-order valence-corrected chi connectivity index (χ0v) is 16.4. The number of para-hydroxylation sites is 1. The lowest BCUT2D eigenvalue weighted by Crippen LogP contribution is -2.38. The highest BCUT2D eigenvalue weighted by Crippen LogP contribution is 2.64. The van der Waals surface area contributed by atoms with Crippen LogP contribution in [0.4, 0.5) is 0 Å². The number of methoxy groups -OCH3 is 1. The molecule has 1 heterocycles. The van der Waals surface area contributed by atoms with Crippen LogP contribution in [0.25, 0.3) is 0 Å². The van der Waals surface area contributed by atoms with Gasteiger partial charge in [-0.1, -0.05) is 18.2 Å². The van der Waals surface area contributed by atoms with Crippen LogP contribution in [0, 0.1) is 11.8 Å². The van der Waals surface area contributed by atoms with E-state index in [1.165, 1.54) is 42.7 Å². The molecular weight excluding hydrogens is 405 g/mol. The Kier molecular flexibility index (Phi) is 4.79. The predicted octanol–water partition coefficient (Wildman–Crippen LogP) is 5.12. The van der Waals surface area contributed by atoms with E-state index in [1.807, 2.05) is 11.8 Å². The number of benzene rings is 1. The first-order chi connectivity index (χ1) is 10.3. The molecule has 2 nitrogen and oxygen atoms in total. The van der Waals surface area contributed by atoms with E-state index in [2.05, 4.69) is 30.5 Å². The van der Waals surface area contributed by atoms with Gasteiger partial charge in [-0.05, 0) is 61.8 Å². The molecule has 0 N–H and O–H groups in total. The summed E-state index contributed by atoms with van der Waals surface area (Å²) in [5.74, 6) is 3.22. The molecule has 2 bridgehead atoms. The first-order valence-corrected chi connectivity index (χ1v) is 9.26. The second-order valence-corrected chi connectivity index (χ2v) is 7.57. The lowest BCUT2D eigenvalue weighted by Gasteiger charge is -2.39. The molecule has 0 saturated heterocycles. The Morgan fingerprint density at radius 3 is 2.82 bits per heavy atom. The average molecular weight is 429 g/mol. The fourth-order valence-electron chi connectivity index (χ4n) is 5.20. The number of fused-ring (bicyclic) bond motifs is 3. The largest absolute Gasteiger partial charge is 0.496 e. The maximum absolute atomic E-state index is 5.67. The minimum atomic E-state index is 0. The Morgan fingerprint density at radius 2 is 2.09 bits per heavy atom. The van der Waals surface area contributed by atoms with Crippen molar-refractivity contribution in [2.24, 2.45) is 16.8 Å². The van der Waals surface area contributed by atoms with Crippen molar-refractivity contribution in [2.75, 3.05) is 13.4 Å². The summed E-state index contributed by atoms with van der Waals surface area (Å²) in [5, 5.41) is 1.36. The highest BCUT2D eigenvalue weighted by Gasteiger charge is 2.60. The lowest BCUT2D eigenvalue weighted by atomic mass is 9.68.